The summed E-state index contributed by atoms with van der Waals surface area (Å²) in [5.41, 5.74) is 1.87. The van der Waals surface area contributed by atoms with E-state index in [2.05, 4.69) is 25.8 Å². The number of ether oxygens (including phenoxy) is 1. The smallest absolute Gasteiger partial charge is 0.316 e. The molecule has 0 radical (unpaired) electrons. The number of oxazole rings is 1. The van der Waals surface area contributed by atoms with Gasteiger partial charge in [0.25, 0.3) is 11.1 Å². The minimum atomic E-state index is -0.436. The molecule has 1 aromatic heterocycles. The Kier molecular flexibility index (Phi) is 4.89. The van der Waals surface area contributed by atoms with E-state index in [4.69, 9.17) is 9.15 Å². The standard InChI is InChI=1S/C21H26N2O4S/c1-20(2)8-14-9-21(3,12-20)13-23(14)17(24)10-26-18(25)11-28-19-22-15-6-4-5-7-16(15)27-19/h4-7,14H,8-13H2,1-3H3/t14-,21-/m1/s1. The molecule has 4 rings (SSSR count). The third-order valence-electron chi connectivity index (χ3n) is 5.68. The first-order valence-corrected chi connectivity index (χ1v) is 10.7. The van der Waals surface area contributed by atoms with Crippen molar-refractivity contribution in [3.63, 3.8) is 0 Å². The maximum atomic E-state index is 12.6. The van der Waals surface area contributed by atoms with E-state index in [0.717, 1.165) is 31.3 Å². The molecule has 2 heterocycles. The molecule has 0 unspecified atom stereocenters. The van der Waals surface area contributed by atoms with Crippen LogP contribution < -0.4 is 0 Å². The number of carbonyl (C=O) groups is 2. The van der Waals surface area contributed by atoms with E-state index in [0.29, 0.717) is 10.8 Å². The van der Waals surface area contributed by atoms with E-state index in [1.807, 2.05) is 29.2 Å². The highest BCUT2D eigenvalue weighted by Crippen LogP contribution is 2.52. The summed E-state index contributed by atoms with van der Waals surface area (Å²) in [5.74, 6) is -0.463. The summed E-state index contributed by atoms with van der Waals surface area (Å²) in [7, 11) is 0. The van der Waals surface area contributed by atoms with Gasteiger partial charge in [-0.2, -0.15) is 0 Å². The molecule has 2 aliphatic rings. The number of fused-ring (bicyclic) bond motifs is 3. The summed E-state index contributed by atoms with van der Waals surface area (Å²) in [4.78, 5) is 31.0. The van der Waals surface area contributed by atoms with Crippen molar-refractivity contribution in [2.75, 3.05) is 18.9 Å². The fourth-order valence-corrected chi connectivity index (χ4v) is 5.69. The highest BCUT2D eigenvalue weighted by atomic mass is 32.2. The van der Waals surface area contributed by atoms with Gasteiger partial charge < -0.3 is 14.1 Å². The number of esters is 1. The van der Waals surface area contributed by atoms with Gasteiger partial charge >= 0.3 is 5.97 Å². The molecular formula is C21H26N2O4S. The number of nitrogens with zero attached hydrogens (tertiary/aromatic N) is 2. The Balaban J connectivity index is 1.27. The second-order valence-corrected chi connectivity index (χ2v) is 10.1. The van der Waals surface area contributed by atoms with E-state index >= 15 is 0 Å². The molecule has 28 heavy (non-hydrogen) atoms. The van der Waals surface area contributed by atoms with Crippen LogP contribution in [0.25, 0.3) is 11.1 Å². The van der Waals surface area contributed by atoms with E-state index in [-0.39, 0.29) is 35.1 Å². The average molecular weight is 403 g/mol. The molecule has 1 aromatic carbocycles. The van der Waals surface area contributed by atoms with Gasteiger partial charge in [0.2, 0.25) is 0 Å². The molecule has 1 amide bonds. The number of rotatable bonds is 5. The average Bonchev–Trinajstić information content (AvgIpc) is 3.14. The summed E-state index contributed by atoms with van der Waals surface area (Å²) in [6.07, 6.45) is 3.18. The number of para-hydroxylation sites is 2. The van der Waals surface area contributed by atoms with Crippen molar-refractivity contribution in [3.8, 4) is 0 Å². The zero-order valence-electron chi connectivity index (χ0n) is 16.6. The Morgan fingerprint density at radius 1 is 1.29 bits per heavy atom. The number of likely N-dealkylation sites (tertiary alicyclic amines) is 1. The highest BCUT2D eigenvalue weighted by molar-refractivity contribution is 7.99. The van der Waals surface area contributed by atoms with Crippen molar-refractivity contribution in [3.05, 3.63) is 24.3 Å². The van der Waals surface area contributed by atoms with Crippen molar-refractivity contribution < 1.29 is 18.7 Å². The predicted octanol–water partition coefficient (Wildman–Crippen LogP) is 3.89. The Labute approximate surface area is 169 Å². The quantitative estimate of drug-likeness (QED) is 0.558. The van der Waals surface area contributed by atoms with Crippen LogP contribution >= 0.6 is 11.8 Å². The number of hydrogen-bond acceptors (Lipinski definition) is 6. The summed E-state index contributed by atoms with van der Waals surface area (Å²) in [6, 6.07) is 7.70. The van der Waals surface area contributed by atoms with Crippen molar-refractivity contribution >= 4 is 34.7 Å². The van der Waals surface area contributed by atoms with Gasteiger partial charge in [-0.05, 0) is 42.2 Å². The van der Waals surface area contributed by atoms with Gasteiger partial charge in [-0.1, -0.05) is 44.7 Å². The van der Waals surface area contributed by atoms with Crippen LogP contribution in [0.3, 0.4) is 0 Å². The van der Waals surface area contributed by atoms with Crippen LogP contribution in [-0.4, -0.2) is 46.7 Å². The molecule has 2 atom stereocenters. The Morgan fingerprint density at radius 3 is 2.86 bits per heavy atom. The lowest BCUT2D eigenvalue weighted by Gasteiger charge is -2.39. The molecule has 6 nitrogen and oxygen atoms in total. The molecule has 7 heteroatoms. The van der Waals surface area contributed by atoms with Crippen LogP contribution in [0.2, 0.25) is 0 Å². The van der Waals surface area contributed by atoms with E-state index < -0.39 is 5.97 Å². The van der Waals surface area contributed by atoms with Crippen LogP contribution in [0.4, 0.5) is 0 Å². The van der Waals surface area contributed by atoms with Gasteiger partial charge in [-0.3, -0.25) is 9.59 Å². The van der Waals surface area contributed by atoms with Crippen LogP contribution in [0, 0.1) is 10.8 Å². The van der Waals surface area contributed by atoms with Crippen LogP contribution in [0.1, 0.15) is 40.0 Å². The van der Waals surface area contributed by atoms with Crippen molar-refractivity contribution in [1.82, 2.24) is 9.88 Å². The van der Waals surface area contributed by atoms with Gasteiger partial charge in [0.05, 0.1) is 0 Å². The molecule has 0 N–H and O–H groups in total. The minimum absolute atomic E-state index is 0.0638. The summed E-state index contributed by atoms with van der Waals surface area (Å²) >= 11 is 1.18. The van der Waals surface area contributed by atoms with Crippen molar-refractivity contribution in [2.24, 2.45) is 10.8 Å². The van der Waals surface area contributed by atoms with Gasteiger partial charge in [0, 0.05) is 12.6 Å². The Bertz CT molecular complexity index is 876. The van der Waals surface area contributed by atoms with Crippen LogP contribution in [-0.2, 0) is 14.3 Å². The maximum Gasteiger partial charge on any atom is 0.316 e. The number of benzene rings is 1. The Hall–Kier alpha value is -2.02. The number of amides is 1. The first kappa shape index (κ1) is 19.3. The van der Waals surface area contributed by atoms with E-state index in [1.54, 1.807) is 0 Å². The molecule has 1 saturated heterocycles. The first-order valence-electron chi connectivity index (χ1n) is 9.67. The monoisotopic (exact) mass is 402 g/mol. The molecule has 2 aromatic rings. The van der Waals surface area contributed by atoms with E-state index in [1.165, 1.54) is 11.8 Å². The molecule has 1 aliphatic heterocycles. The molecule has 2 fully saturated rings. The number of carbonyl (C=O) groups excluding carboxylic acids is 2. The number of aromatic nitrogens is 1. The lowest BCUT2D eigenvalue weighted by Crippen LogP contribution is -2.40. The van der Waals surface area contributed by atoms with E-state index in [9.17, 15) is 9.59 Å². The highest BCUT2D eigenvalue weighted by Gasteiger charge is 2.50. The van der Waals surface area contributed by atoms with Crippen molar-refractivity contribution in [2.45, 2.75) is 51.3 Å². The third kappa shape index (κ3) is 4.04. The fourth-order valence-electron chi connectivity index (χ4n) is 5.05. The maximum absolute atomic E-state index is 12.6. The molecule has 150 valence electrons. The first-order chi connectivity index (χ1) is 13.2. The molecule has 2 bridgehead atoms. The number of hydrogen-bond donors (Lipinski definition) is 0. The predicted molar refractivity (Wildman–Crippen MR) is 107 cm³/mol. The molecular weight excluding hydrogens is 376 g/mol. The van der Waals surface area contributed by atoms with Crippen LogP contribution in [0.5, 0.6) is 0 Å². The second kappa shape index (κ2) is 7.10. The SMILES string of the molecule is CC1(C)C[C@@H]2C[C@@](C)(CN2C(=O)COC(=O)CSc2nc3ccccc3o2)C1. The van der Waals surface area contributed by atoms with Gasteiger partial charge in [-0.15, -0.1) is 0 Å². The summed E-state index contributed by atoms with van der Waals surface area (Å²) < 4.78 is 10.8. The fraction of sp³-hybridized carbons (Fsp3) is 0.571. The third-order valence-corrected chi connectivity index (χ3v) is 6.48. The lowest BCUT2D eigenvalue weighted by molar-refractivity contribution is -0.150. The molecule has 1 aliphatic carbocycles. The zero-order valence-corrected chi connectivity index (χ0v) is 17.4. The second-order valence-electron chi connectivity index (χ2n) is 9.13. The lowest BCUT2D eigenvalue weighted by atomic mass is 9.65. The molecule has 0 spiro atoms. The van der Waals surface area contributed by atoms with Gasteiger partial charge in [0.1, 0.15) is 11.3 Å². The number of thioether (sulfide) groups is 1. The normalized spacial score (nSPS) is 25.8. The Morgan fingerprint density at radius 2 is 2.07 bits per heavy atom. The van der Waals surface area contributed by atoms with Gasteiger partial charge in [-0.25, -0.2) is 4.98 Å². The van der Waals surface area contributed by atoms with Crippen molar-refractivity contribution in [1.29, 1.82) is 0 Å². The topological polar surface area (TPSA) is 72.6 Å². The molecule has 1 saturated carbocycles. The largest absolute Gasteiger partial charge is 0.455 e. The van der Waals surface area contributed by atoms with Gasteiger partial charge in [0.15, 0.2) is 12.2 Å². The minimum Gasteiger partial charge on any atom is -0.455 e. The summed E-state index contributed by atoms with van der Waals surface area (Å²) in [6.45, 7) is 7.37. The van der Waals surface area contributed by atoms with Crippen LogP contribution in [0.15, 0.2) is 33.9 Å². The zero-order chi connectivity index (χ0) is 19.9. The summed E-state index contributed by atoms with van der Waals surface area (Å²) in [5, 5.41) is 0.424.